The molecule has 144 valence electrons. The third kappa shape index (κ3) is 3.80. The Morgan fingerprint density at radius 3 is 2.58 bits per heavy atom. The number of piperidine rings is 1. The van der Waals surface area contributed by atoms with Crippen molar-refractivity contribution in [1.82, 2.24) is 13.5 Å². The van der Waals surface area contributed by atoms with Crippen molar-refractivity contribution >= 4 is 16.1 Å². The van der Waals surface area contributed by atoms with Gasteiger partial charge in [-0.15, -0.1) is 0 Å². The number of fused-ring (bicyclic) bond motifs is 4. The lowest BCUT2D eigenvalue weighted by molar-refractivity contribution is -0.134. The summed E-state index contributed by atoms with van der Waals surface area (Å²) in [5.41, 5.74) is 3.34. The molecule has 1 aromatic carbocycles. The SMILES string of the molecule is Cc1ccc(C)c(CC(=O)N2CC3CCC2CN(S(=O)(=O)N(C)C)C3)c1. The molecule has 3 saturated heterocycles. The highest BCUT2D eigenvalue weighted by atomic mass is 32.2. The number of nitrogens with zero attached hydrogens (tertiary/aromatic N) is 3. The number of carbonyl (C=O) groups is 1. The van der Waals surface area contributed by atoms with Crippen molar-refractivity contribution in [3.8, 4) is 0 Å². The van der Waals surface area contributed by atoms with E-state index in [0.717, 1.165) is 29.5 Å². The molecule has 1 amide bonds. The van der Waals surface area contributed by atoms with Crippen LogP contribution in [0.3, 0.4) is 0 Å². The Morgan fingerprint density at radius 1 is 1.15 bits per heavy atom. The minimum Gasteiger partial charge on any atom is -0.338 e. The molecule has 7 heteroatoms. The van der Waals surface area contributed by atoms with E-state index in [0.29, 0.717) is 26.1 Å². The lowest BCUT2D eigenvalue weighted by Crippen LogP contribution is -2.49. The molecule has 0 saturated carbocycles. The molecule has 26 heavy (non-hydrogen) atoms. The van der Waals surface area contributed by atoms with Gasteiger partial charge < -0.3 is 4.90 Å². The third-order valence-corrected chi connectivity index (χ3v) is 7.51. The summed E-state index contributed by atoms with van der Waals surface area (Å²) < 4.78 is 27.9. The predicted molar refractivity (Wildman–Crippen MR) is 102 cm³/mol. The molecular formula is C19H29N3O3S. The normalized spacial score (nSPS) is 24.1. The maximum absolute atomic E-state index is 13.0. The molecular weight excluding hydrogens is 350 g/mol. The summed E-state index contributed by atoms with van der Waals surface area (Å²) in [6.45, 7) is 5.63. The number of amides is 1. The van der Waals surface area contributed by atoms with Crippen LogP contribution < -0.4 is 0 Å². The van der Waals surface area contributed by atoms with Crippen molar-refractivity contribution in [3.05, 3.63) is 34.9 Å². The van der Waals surface area contributed by atoms with Gasteiger partial charge in [-0.3, -0.25) is 4.79 Å². The van der Waals surface area contributed by atoms with Gasteiger partial charge in [-0.25, -0.2) is 0 Å². The zero-order valence-corrected chi connectivity index (χ0v) is 16.9. The summed E-state index contributed by atoms with van der Waals surface area (Å²) in [5.74, 6) is 0.323. The van der Waals surface area contributed by atoms with Crippen LogP contribution in [-0.2, 0) is 21.4 Å². The van der Waals surface area contributed by atoms with E-state index in [2.05, 4.69) is 18.2 Å². The lowest BCUT2D eigenvalue weighted by atomic mass is 9.94. The van der Waals surface area contributed by atoms with E-state index in [4.69, 9.17) is 0 Å². The van der Waals surface area contributed by atoms with Gasteiger partial charge in [0.25, 0.3) is 10.2 Å². The first kappa shape index (κ1) is 19.3. The zero-order chi connectivity index (χ0) is 19.1. The summed E-state index contributed by atoms with van der Waals surface area (Å²) in [7, 11) is -0.319. The van der Waals surface area contributed by atoms with E-state index in [9.17, 15) is 13.2 Å². The van der Waals surface area contributed by atoms with Crippen LogP contribution in [0.1, 0.15) is 29.5 Å². The van der Waals surface area contributed by atoms with E-state index in [1.54, 1.807) is 18.4 Å². The molecule has 0 radical (unpaired) electrons. The standard InChI is InChI=1S/C19H29N3O3S/c1-14-5-6-15(2)17(9-14)10-19(23)22-12-16-7-8-18(22)13-21(11-16)26(24,25)20(3)4/h5-6,9,16,18H,7-8,10-13H2,1-4H3. The maximum Gasteiger partial charge on any atom is 0.281 e. The van der Waals surface area contributed by atoms with Gasteiger partial charge in [0.1, 0.15) is 0 Å². The second-order valence-corrected chi connectivity index (χ2v) is 10.00. The van der Waals surface area contributed by atoms with Crippen LogP contribution in [0, 0.1) is 19.8 Å². The largest absolute Gasteiger partial charge is 0.338 e. The van der Waals surface area contributed by atoms with Gasteiger partial charge in [-0.2, -0.15) is 17.0 Å². The molecule has 0 aliphatic carbocycles. The molecule has 2 bridgehead atoms. The molecule has 3 fully saturated rings. The van der Waals surface area contributed by atoms with E-state index in [1.807, 2.05) is 18.7 Å². The zero-order valence-electron chi connectivity index (χ0n) is 16.1. The summed E-state index contributed by atoms with van der Waals surface area (Å²) in [6.07, 6.45) is 2.25. The van der Waals surface area contributed by atoms with Gasteiger partial charge in [0.05, 0.1) is 6.42 Å². The number of hydrogen-bond donors (Lipinski definition) is 0. The Hall–Kier alpha value is -1.44. The first-order valence-corrected chi connectivity index (χ1v) is 10.6. The number of benzene rings is 1. The second kappa shape index (κ2) is 7.29. The summed E-state index contributed by atoms with van der Waals surface area (Å²) in [6, 6.07) is 6.16. The monoisotopic (exact) mass is 379 g/mol. The van der Waals surface area contributed by atoms with Crippen molar-refractivity contribution < 1.29 is 13.2 Å². The molecule has 0 N–H and O–H groups in total. The average molecular weight is 380 g/mol. The number of carbonyl (C=O) groups excluding carboxylic acids is 1. The molecule has 6 nitrogen and oxygen atoms in total. The van der Waals surface area contributed by atoms with Gasteiger partial charge in [-0.05, 0) is 43.7 Å². The Balaban J connectivity index is 1.78. The van der Waals surface area contributed by atoms with Gasteiger partial charge in [0.2, 0.25) is 5.91 Å². The van der Waals surface area contributed by atoms with E-state index < -0.39 is 10.2 Å². The van der Waals surface area contributed by atoms with Gasteiger partial charge in [-0.1, -0.05) is 23.8 Å². The van der Waals surface area contributed by atoms with Crippen LogP contribution in [0.5, 0.6) is 0 Å². The van der Waals surface area contributed by atoms with E-state index in [1.165, 1.54) is 4.31 Å². The minimum atomic E-state index is -3.44. The van der Waals surface area contributed by atoms with E-state index in [-0.39, 0.29) is 17.9 Å². The molecule has 1 aromatic rings. The molecule has 3 aliphatic rings. The molecule has 0 spiro atoms. The first-order valence-electron chi connectivity index (χ1n) is 9.21. The fourth-order valence-electron chi connectivity index (χ4n) is 4.02. The Labute approximate surface area is 157 Å². The first-order chi connectivity index (χ1) is 12.2. The van der Waals surface area contributed by atoms with Crippen LogP contribution >= 0.6 is 0 Å². The number of hydrogen-bond acceptors (Lipinski definition) is 3. The van der Waals surface area contributed by atoms with Crippen LogP contribution in [-0.4, -0.2) is 67.6 Å². The summed E-state index contributed by atoms with van der Waals surface area (Å²) >= 11 is 0. The highest BCUT2D eigenvalue weighted by molar-refractivity contribution is 7.86. The Kier molecular flexibility index (Phi) is 5.42. The van der Waals surface area contributed by atoms with Crippen LogP contribution in [0.15, 0.2) is 18.2 Å². The van der Waals surface area contributed by atoms with E-state index >= 15 is 0 Å². The molecule has 4 rings (SSSR count). The van der Waals surface area contributed by atoms with Gasteiger partial charge in [0.15, 0.2) is 0 Å². The molecule has 2 atom stereocenters. The fraction of sp³-hybridized carbons (Fsp3) is 0.632. The highest BCUT2D eigenvalue weighted by Crippen LogP contribution is 2.30. The third-order valence-electron chi connectivity index (χ3n) is 5.63. The minimum absolute atomic E-state index is 0.0268. The number of rotatable bonds is 4. The maximum atomic E-state index is 13.0. The molecule has 0 aromatic heterocycles. The number of aryl methyl sites for hydroxylation is 2. The highest BCUT2D eigenvalue weighted by Gasteiger charge is 2.41. The van der Waals surface area contributed by atoms with Crippen molar-refractivity contribution in [3.63, 3.8) is 0 Å². The lowest BCUT2D eigenvalue weighted by Gasteiger charge is -2.36. The van der Waals surface area contributed by atoms with Gasteiger partial charge in [0, 0.05) is 39.8 Å². The van der Waals surface area contributed by atoms with Gasteiger partial charge >= 0.3 is 0 Å². The van der Waals surface area contributed by atoms with Crippen LogP contribution in [0.4, 0.5) is 0 Å². The predicted octanol–water partition coefficient (Wildman–Crippen LogP) is 1.58. The molecule has 3 aliphatic heterocycles. The Morgan fingerprint density at radius 2 is 1.88 bits per heavy atom. The molecule has 2 unspecified atom stereocenters. The summed E-state index contributed by atoms with van der Waals surface area (Å²) in [5, 5.41) is 0. The smallest absolute Gasteiger partial charge is 0.281 e. The average Bonchev–Trinajstić information content (AvgIpc) is 2.90. The molecule has 3 heterocycles. The van der Waals surface area contributed by atoms with Crippen molar-refractivity contribution in [2.24, 2.45) is 5.92 Å². The van der Waals surface area contributed by atoms with Crippen LogP contribution in [0.2, 0.25) is 0 Å². The van der Waals surface area contributed by atoms with Crippen molar-refractivity contribution in [2.45, 2.75) is 39.2 Å². The van der Waals surface area contributed by atoms with Crippen LogP contribution in [0.25, 0.3) is 0 Å². The quantitative estimate of drug-likeness (QED) is 0.798. The summed E-state index contributed by atoms with van der Waals surface area (Å²) in [4.78, 5) is 14.9. The Bertz CT molecular complexity index is 791. The van der Waals surface area contributed by atoms with Crippen molar-refractivity contribution in [2.75, 3.05) is 33.7 Å². The fourth-order valence-corrected chi connectivity index (χ4v) is 5.24. The second-order valence-electron chi connectivity index (χ2n) is 7.86. The topological polar surface area (TPSA) is 60.9 Å². The van der Waals surface area contributed by atoms with Crippen molar-refractivity contribution in [1.29, 1.82) is 0 Å².